The molecule has 0 saturated carbocycles. The third kappa shape index (κ3) is 1.78. The SMILES string of the molecule is NC(=O)N(N=O)C(=O)CO. The molecule has 0 spiro atoms. The number of urea groups is 1. The Hall–Kier alpha value is -1.50. The van der Waals surface area contributed by atoms with Crippen molar-refractivity contribution in [3.8, 4) is 0 Å². The van der Waals surface area contributed by atoms with Crippen molar-refractivity contribution in [2.75, 3.05) is 6.61 Å². The summed E-state index contributed by atoms with van der Waals surface area (Å²) >= 11 is 0. The highest BCUT2D eigenvalue weighted by Crippen LogP contribution is 1.87. The molecule has 0 atom stereocenters. The van der Waals surface area contributed by atoms with Gasteiger partial charge in [-0.15, -0.1) is 9.92 Å². The first-order valence-corrected chi connectivity index (χ1v) is 2.20. The highest BCUT2D eigenvalue weighted by atomic mass is 16.3. The van der Waals surface area contributed by atoms with Crippen molar-refractivity contribution in [3.05, 3.63) is 4.91 Å². The molecule has 56 valence electrons. The van der Waals surface area contributed by atoms with Gasteiger partial charge in [-0.05, 0) is 0 Å². The van der Waals surface area contributed by atoms with E-state index in [9.17, 15) is 14.5 Å². The number of nitrogens with zero attached hydrogens (tertiary/aromatic N) is 2. The molecule has 0 radical (unpaired) electrons. The van der Waals surface area contributed by atoms with Crippen LogP contribution in [0.2, 0.25) is 0 Å². The number of amides is 3. The Bertz CT molecular complexity index is 167. The van der Waals surface area contributed by atoms with E-state index in [-0.39, 0.29) is 5.01 Å². The number of aliphatic hydroxyl groups is 1. The zero-order valence-corrected chi connectivity index (χ0v) is 4.85. The number of imide groups is 1. The molecule has 10 heavy (non-hydrogen) atoms. The lowest BCUT2D eigenvalue weighted by Crippen LogP contribution is -2.37. The van der Waals surface area contributed by atoms with Crippen LogP contribution in [0.15, 0.2) is 5.29 Å². The van der Waals surface area contributed by atoms with E-state index in [2.05, 4.69) is 5.73 Å². The molecule has 0 rings (SSSR count). The molecule has 0 heterocycles. The second-order valence-corrected chi connectivity index (χ2v) is 1.28. The fraction of sp³-hybridized carbons (Fsp3) is 0.333. The molecule has 0 aromatic carbocycles. The summed E-state index contributed by atoms with van der Waals surface area (Å²) in [5.41, 5.74) is 4.48. The lowest BCUT2D eigenvalue weighted by Gasteiger charge is -2.03. The van der Waals surface area contributed by atoms with Gasteiger partial charge in [0.15, 0.2) is 0 Å². The Balaban J connectivity index is 4.20. The summed E-state index contributed by atoms with van der Waals surface area (Å²) in [5, 5.41) is 9.88. The molecular weight excluding hydrogens is 142 g/mol. The summed E-state index contributed by atoms with van der Waals surface area (Å²) < 4.78 is 0. The van der Waals surface area contributed by atoms with Gasteiger partial charge in [-0.25, -0.2) is 4.79 Å². The van der Waals surface area contributed by atoms with Gasteiger partial charge in [0.2, 0.25) is 0 Å². The summed E-state index contributed by atoms with van der Waals surface area (Å²) in [6, 6.07) is -1.31. The molecule has 0 aromatic heterocycles. The van der Waals surface area contributed by atoms with Gasteiger partial charge in [0.05, 0.1) is 5.29 Å². The minimum Gasteiger partial charge on any atom is -0.386 e. The summed E-state index contributed by atoms with van der Waals surface area (Å²) in [6.45, 7) is -0.978. The molecule has 0 unspecified atom stereocenters. The number of nitrogens with two attached hydrogens (primary N) is 1. The molecule has 0 aromatic rings. The Kier molecular flexibility index (Phi) is 2.98. The second kappa shape index (κ2) is 3.51. The van der Waals surface area contributed by atoms with Crippen LogP contribution < -0.4 is 5.73 Å². The summed E-state index contributed by atoms with van der Waals surface area (Å²) in [5.74, 6) is -1.15. The van der Waals surface area contributed by atoms with Gasteiger partial charge in [-0.1, -0.05) is 0 Å². The van der Waals surface area contributed by atoms with Crippen molar-refractivity contribution in [1.82, 2.24) is 5.01 Å². The van der Waals surface area contributed by atoms with Crippen molar-refractivity contribution in [1.29, 1.82) is 0 Å². The topological polar surface area (TPSA) is 113 Å². The van der Waals surface area contributed by atoms with Crippen LogP contribution in [0.4, 0.5) is 4.79 Å². The molecule has 7 nitrogen and oxygen atoms in total. The predicted molar refractivity (Wildman–Crippen MR) is 29.3 cm³/mol. The van der Waals surface area contributed by atoms with E-state index in [0.29, 0.717) is 0 Å². The van der Waals surface area contributed by atoms with Gasteiger partial charge >= 0.3 is 6.03 Å². The van der Waals surface area contributed by atoms with Gasteiger partial charge in [-0.2, -0.15) is 0 Å². The van der Waals surface area contributed by atoms with Crippen molar-refractivity contribution in [2.24, 2.45) is 11.0 Å². The molecule has 0 bridgehead atoms. The van der Waals surface area contributed by atoms with Gasteiger partial charge in [0, 0.05) is 0 Å². The van der Waals surface area contributed by atoms with Crippen molar-refractivity contribution in [3.63, 3.8) is 0 Å². The second-order valence-electron chi connectivity index (χ2n) is 1.28. The largest absolute Gasteiger partial charge is 0.386 e. The van der Waals surface area contributed by atoms with Crippen LogP contribution in [0.3, 0.4) is 0 Å². The number of carbonyl (C=O) groups is 2. The monoisotopic (exact) mass is 147 g/mol. The Morgan fingerprint density at radius 3 is 2.20 bits per heavy atom. The first kappa shape index (κ1) is 8.50. The van der Waals surface area contributed by atoms with Gasteiger partial charge in [-0.3, -0.25) is 4.79 Å². The predicted octanol–water partition coefficient (Wildman–Crippen LogP) is -1.43. The van der Waals surface area contributed by atoms with E-state index >= 15 is 0 Å². The smallest absolute Gasteiger partial charge is 0.345 e. The molecule has 7 heteroatoms. The van der Waals surface area contributed by atoms with Crippen LogP contribution in [0.25, 0.3) is 0 Å². The first-order valence-electron chi connectivity index (χ1n) is 2.20. The zero-order valence-electron chi connectivity index (χ0n) is 4.85. The summed E-state index contributed by atoms with van der Waals surface area (Å²) in [7, 11) is 0. The summed E-state index contributed by atoms with van der Waals surface area (Å²) in [6.07, 6.45) is 0. The lowest BCUT2D eigenvalue weighted by molar-refractivity contribution is -0.131. The number of hydrogen-bond acceptors (Lipinski definition) is 5. The normalized spacial score (nSPS) is 8.50. The zero-order chi connectivity index (χ0) is 8.15. The summed E-state index contributed by atoms with van der Waals surface area (Å²) in [4.78, 5) is 29.9. The molecule has 3 amide bonds. The van der Waals surface area contributed by atoms with Crippen molar-refractivity contribution in [2.45, 2.75) is 0 Å². The first-order chi connectivity index (χ1) is 4.63. The van der Waals surface area contributed by atoms with Gasteiger partial charge in [0.25, 0.3) is 5.91 Å². The van der Waals surface area contributed by atoms with Gasteiger partial charge in [0.1, 0.15) is 6.61 Å². The molecule has 3 N–H and O–H groups in total. The number of hydrogen-bond donors (Lipinski definition) is 2. The maximum absolute atomic E-state index is 10.3. The molecule has 0 aliphatic heterocycles. The average Bonchev–Trinajstić information content (AvgIpc) is 1.88. The van der Waals surface area contributed by atoms with E-state index in [1.165, 1.54) is 0 Å². The molecule has 0 saturated heterocycles. The van der Waals surface area contributed by atoms with E-state index in [4.69, 9.17) is 5.11 Å². The fourth-order valence-electron chi connectivity index (χ4n) is 0.276. The maximum Gasteiger partial charge on any atom is 0.345 e. The van der Waals surface area contributed by atoms with Crippen molar-refractivity contribution < 1.29 is 14.7 Å². The maximum atomic E-state index is 10.3. The van der Waals surface area contributed by atoms with Crippen LogP contribution in [0.5, 0.6) is 0 Å². The van der Waals surface area contributed by atoms with Gasteiger partial charge < -0.3 is 10.8 Å². The quantitative estimate of drug-likeness (QED) is 0.368. The van der Waals surface area contributed by atoms with Crippen LogP contribution in [-0.2, 0) is 4.79 Å². The standard InChI is InChI=1S/C3H5N3O4/c4-3(9)6(5-10)2(8)1-7/h7H,1H2,(H2,4,9). The molecule has 0 fully saturated rings. The molecule has 0 aliphatic rings. The van der Waals surface area contributed by atoms with Crippen LogP contribution in [0, 0.1) is 4.91 Å². The third-order valence-electron chi connectivity index (χ3n) is 0.662. The molecule has 0 aliphatic carbocycles. The van der Waals surface area contributed by atoms with E-state index in [1.54, 1.807) is 0 Å². The highest BCUT2D eigenvalue weighted by Gasteiger charge is 2.17. The van der Waals surface area contributed by atoms with E-state index < -0.39 is 18.5 Å². The third-order valence-corrected chi connectivity index (χ3v) is 0.662. The van der Waals surface area contributed by atoms with E-state index in [1.807, 2.05) is 5.29 Å². The highest BCUT2D eigenvalue weighted by molar-refractivity contribution is 5.93. The Labute approximate surface area is 55.4 Å². The molecular formula is C3H5N3O4. The Morgan fingerprint density at radius 1 is 1.60 bits per heavy atom. The number of aliphatic hydroxyl groups excluding tert-OH is 1. The van der Waals surface area contributed by atoms with Crippen LogP contribution in [0.1, 0.15) is 0 Å². The minimum atomic E-state index is -1.31. The number of carbonyl (C=O) groups excluding carboxylic acids is 2. The number of nitroso groups, excluding NO2 is 1. The van der Waals surface area contributed by atoms with Crippen LogP contribution >= 0.6 is 0 Å². The minimum absolute atomic E-state index is 0.167. The average molecular weight is 147 g/mol. The Morgan fingerprint density at radius 2 is 2.10 bits per heavy atom. The number of rotatable bonds is 2. The lowest BCUT2D eigenvalue weighted by atomic mass is 10.6. The van der Waals surface area contributed by atoms with Crippen LogP contribution in [-0.4, -0.2) is 28.7 Å². The van der Waals surface area contributed by atoms with E-state index in [0.717, 1.165) is 0 Å². The number of primary amides is 1. The van der Waals surface area contributed by atoms with Crippen molar-refractivity contribution >= 4 is 11.9 Å². The fourth-order valence-corrected chi connectivity index (χ4v) is 0.276.